The lowest BCUT2D eigenvalue weighted by Gasteiger charge is -2.40. The van der Waals surface area contributed by atoms with Crippen molar-refractivity contribution in [2.24, 2.45) is 5.92 Å². The summed E-state index contributed by atoms with van der Waals surface area (Å²) in [7, 11) is 0. The lowest BCUT2D eigenvalue weighted by Crippen LogP contribution is -2.50. The van der Waals surface area contributed by atoms with Crippen molar-refractivity contribution in [2.75, 3.05) is 18.0 Å². The molecule has 0 aromatic carbocycles. The van der Waals surface area contributed by atoms with E-state index in [9.17, 15) is 4.79 Å². The zero-order valence-electron chi connectivity index (χ0n) is 12.7. The van der Waals surface area contributed by atoms with Crippen molar-refractivity contribution in [3.63, 3.8) is 0 Å². The molecule has 2 aromatic rings. The summed E-state index contributed by atoms with van der Waals surface area (Å²) in [5.74, 6) is 1.56. The van der Waals surface area contributed by atoms with Crippen LogP contribution in [0.5, 0.6) is 0 Å². The number of aryl methyl sites for hydroxylation is 2. The summed E-state index contributed by atoms with van der Waals surface area (Å²) in [5.41, 5.74) is 3.40. The number of aromatic nitrogens is 4. The molecule has 22 heavy (non-hydrogen) atoms. The zero-order chi connectivity index (χ0) is 15.1. The second kappa shape index (κ2) is 5.19. The van der Waals surface area contributed by atoms with Gasteiger partial charge in [0.1, 0.15) is 12.1 Å². The molecule has 0 spiro atoms. The molecule has 0 bridgehead atoms. The summed E-state index contributed by atoms with van der Waals surface area (Å²) in [6, 6.07) is 3.35. The van der Waals surface area contributed by atoms with Gasteiger partial charge in [0.05, 0.1) is 12.2 Å². The van der Waals surface area contributed by atoms with Crippen LogP contribution in [0.4, 0.5) is 5.82 Å². The van der Waals surface area contributed by atoms with Gasteiger partial charge in [-0.15, -0.1) is 0 Å². The molecule has 1 fully saturated rings. The standard InChI is InChI=1S/C16H19N5O/c1-11-5-6-15(22)21(19-11)9-12-7-20(8-12)16-13-3-2-4-14(13)17-10-18-16/h5-6,10,12H,2-4,7-9H2,1H3. The molecule has 6 nitrogen and oxygen atoms in total. The van der Waals surface area contributed by atoms with Gasteiger partial charge in [-0.2, -0.15) is 5.10 Å². The SMILES string of the molecule is Cc1ccc(=O)n(CC2CN(c3ncnc4c3CCC4)C2)n1. The van der Waals surface area contributed by atoms with Gasteiger partial charge in [-0.1, -0.05) is 0 Å². The van der Waals surface area contributed by atoms with Crippen molar-refractivity contribution in [3.8, 4) is 0 Å². The Kier molecular flexibility index (Phi) is 3.17. The van der Waals surface area contributed by atoms with Gasteiger partial charge in [0.25, 0.3) is 5.56 Å². The fourth-order valence-corrected chi connectivity index (χ4v) is 3.40. The van der Waals surface area contributed by atoms with Crippen molar-refractivity contribution >= 4 is 5.82 Å². The molecule has 0 N–H and O–H groups in total. The first kappa shape index (κ1) is 13.4. The van der Waals surface area contributed by atoms with Gasteiger partial charge in [-0.05, 0) is 32.3 Å². The summed E-state index contributed by atoms with van der Waals surface area (Å²) in [6.45, 7) is 4.47. The molecule has 1 aliphatic carbocycles. The molecule has 3 heterocycles. The Hall–Kier alpha value is -2.24. The fraction of sp³-hybridized carbons (Fsp3) is 0.500. The molecule has 0 amide bonds. The maximum absolute atomic E-state index is 11.8. The second-order valence-electron chi connectivity index (χ2n) is 6.24. The average Bonchev–Trinajstić information content (AvgIpc) is 2.94. The van der Waals surface area contributed by atoms with Crippen LogP contribution in [0.3, 0.4) is 0 Å². The Morgan fingerprint density at radius 3 is 2.95 bits per heavy atom. The van der Waals surface area contributed by atoms with Crippen LogP contribution in [0.15, 0.2) is 23.3 Å². The Morgan fingerprint density at radius 1 is 1.23 bits per heavy atom. The van der Waals surface area contributed by atoms with Crippen LogP contribution in [0.1, 0.15) is 23.4 Å². The Balaban J connectivity index is 1.46. The van der Waals surface area contributed by atoms with E-state index >= 15 is 0 Å². The van der Waals surface area contributed by atoms with Gasteiger partial charge in [0, 0.05) is 36.3 Å². The van der Waals surface area contributed by atoms with Crippen molar-refractivity contribution in [1.82, 2.24) is 19.7 Å². The molecule has 0 atom stereocenters. The number of fused-ring (bicyclic) bond motifs is 1. The molecule has 0 radical (unpaired) electrons. The van der Waals surface area contributed by atoms with Crippen LogP contribution in [-0.4, -0.2) is 32.8 Å². The molecule has 114 valence electrons. The van der Waals surface area contributed by atoms with Crippen LogP contribution in [-0.2, 0) is 19.4 Å². The fourth-order valence-electron chi connectivity index (χ4n) is 3.40. The summed E-state index contributed by atoms with van der Waals surface area (Å²) in [6.07, 6.45) is 5.02. The van der Waals surface area contributed by atoms with Gasteiger partial charge in [-0.25, -0.2) is 14.6 Å². The first-order valence-electron chi connectivity index (χ1n) is 7.83. The molecule has 1 aliphatic heterocycles. The average molecular weight is 297 g/mol. The van der Waals surface area contributed by atoms with Crippen molar-refractivity contribution < 1.29 is 0 Å². The normalized spacial score (nSPS) is 17.4. The predicted molar refractivity (Wildman–Crippen MR) is 83.0 cm³/mol. The molecular weight excluding hydrogens is 278 g/mol. The smallest absolute Gasteiger partial charge is 0.266 e. The molecule has 2 aliphatic rings. The number of nitrogens with zero attached hydrogens (tertiary/aromatic N) is 5. The summed E-state index contributed by atoms with van der Waals surface area (Å²) < 4.78 is 1.59. The van der Waals surface area contributed by atoms with E-state index in [-0.39, 0.29) is 5.56 Å². The Bertz CT molecular complexity index is 763. The molecule has 6 heteroatoms. The highest BCUT2D eigenvalue weighted by molar-refractivity contribution is 5.52. The van der Waals surface area contributed by atoms with Crippen LogP contribution < -0.4 is 10.5 Å². The van der Waals surface area contributed by atoms with Crippen LogP contribution >= 0.6 is 0 Å². The van der Waals surface area contributed by atoms with E-state index < -0.39 is 0 Å². The lowest BCUT2D eigenvalue weighted by atomic mass is 9.99. The van der Waals surface area contributed by atoms with Crippen molar-refractivity contribution in [1.29, 1.82) is 0 Å². The number of anilines is 1. The Labute approximate surface area is 128 Å². The van der Waals surface area contributed by atoms with E-state index in [1.165, 1.54) is 17.7 Å². The first-order chi connectivity index (χ1) is 10.7. The van der Waals surface area contributed by atoms with Gasteiger partial charge in [-0.3, -0.25) is 4.79 Å². The summed E-state index contributed by atoms with van der Waals surface area (Å²) in [5, 5.41) is 4.31. The minimum atomic E-state index is -0.0213. The van der Waals surface area contributed by atoms with Crippen LogP contribution in [0.2, 0.25) is 0 Å². The monoisotopic (exact) mass is 297 g/mol. The largest absolute Gasteiger partial charge is 0.355 e. The third-order valence-corrected chi connectivity index (χ3v) is 4.54. The van der Waals surface area contributed by atoms with Crippen LogP contribution in [0.25, 0.3) is 0 Å². The van der Waals surface area contributed by atoms with E-state index in [0.29, 0.717) is 12.5 Å². The highest BCUT2D eigenvalue weighted by atomic mass is 16.1. The third-order valence-electron chi connectivity index (χ3n) is 4.54. The molecule has 4 rings (SSSR count). The number of hydrogen-bond donors (Lipinski definition) is 0. The van der Waals surface area contributed by atoms with Gasteiger partial charge in [0.2, 0.25) is 0 Å². The highest BCUT2D eigenvalue weighted by Gasteiger charge is 2.31. The maximum atomic E-state index is 11.8. The minimum absolute atomic E-state index is 0.0213. The molecule has 1 saturated heterocycles. The maximum Gasteiger partial charge on any atom is 0.266 e. The first-order valence-corrected chi connectivity index (χ1v) is 7.83. The summed E-state index contributed by atoms with van der Waals surface area (Å²) in [4.78, 5) is 23.0. The number of hydrogen-bond acceptors (Lipinski definition) is 5. The Morgan fingerprint density at radius 2 is 2.09 bits per heavy atom. The second-order valence-corrected chi connectivity index (χ2v) is 6.24. The molecule has 0 unspecified atom stereocenters. The lowest BCUT2D eigenvalue weighted by molar-refractivity contribution is 0.331. The van der Waals surface area contributed by atoms with Crippen molar-refractivity contribution in [3.05, 3.63) is 45.8 Å². The molecule has 0 saturated carbocycles. The molecule has 2 aromatic heterocycles. The van der Waals surface area contributed by atoms with Crippen molar-refractivity contribution in [2.45, 2.75) is 32.7 Å². The number of rotatable bonds is 3. The topological polar surface area (TPSA) is 63.9 Å². The highest BCUT2D eigenvalue weighted by Crippen LogP contribution is 2.32. The van der Waals surface area contributed by atoms with Crippen LogP contribution in [0, 0.1) is 12.8 Å². The predicted octanol–water partition coefficient (Wildman–Crippen LogP) is 0.967. The van der Waals surface area contributed by atoms with E-state index in [0.717, 1.165) is 37.4 Å². The van der Waals surface area contributed by atoms with E-state index in [2.05, 4.69) is 20.0 Å². The third kappa shape index (κ3) is 2.28. The zero-order valence-corrected chi connectivity index (χ0v) is 12.7. The van der Waals surface area contributed by atoms with E-state index in [1.54, 1.807) is 23.1 Å². The summed E-state index contributed by atoms with van der Waals surface area (Å²) >= 11 is 0. The van der Waals surface area contributed by atoms with E-state index in [4.69, 9.17) is 0 Å². The van der Waals surface area contributed by atoms with Gasteiger partial charge >= 0.3 is 0 Å². The van der Waals surface area contributed by atoms with E-state index in [1.807, 2.05) is 6.92 Å². The molecular formula is C16H19N5O. The quantitative estimate of drug-likeness (QED) is 0.844. The van der Waals surface area contributed by atoms with Gasteiger partial charge < -0.3 is 4.90 Å². The van der Waals surface area contributed by atoms with Gasteiger partial charge in [0.15, 0.2) is 0 Å². The minimum Gasteiger partial charge on any atom is -0.355 e.